The highest BCUT2D eigenvalue weighted by atomic mass is 16.4. The molecule has 1 aromatic heterocycles. The first-order valence-electron chi connectivity index (χ1n) is 6.19. The summed E-state index contributed by atoms with van der Waals surface area (Å²) < 4.78 is 3.24. The molecule has 20 heavy (non-hydrogen) atoms. The zero-order valence-corrected chi connectivity index (χ0v) is 11.6. The Morgan fingerprint density at radius 2 is 1.85 bits per heavy atom. The van der Waals surface area contributed by atoms with Crippen molar-refractivity contribution in [1.82, 2.24) is 9.36 Å². The molecule has 0 aliphatic rings. The molecule has 0 aliphatic heterocycles. The molecule has 0 saturated heterocycles. The molecule has 0 spiro atoms. The van der Waals surface area contributed by atoms with Crippen molar-refractivity contribution in [2.24, 2.45) is 7.05 Å². The van der Waals surface area contributed by atoms with Crippen LogP contribution in [0.4, 0.5) is 0 Å². The molecule has 0 radical (unpaired) electrons. The number of aromatic nitrogens is 2. The maximum Gasteiger partial charge on any atom is 0.331 e. The molecule has 104 valence electrons. The van der Waals surface area contributed by atoms with E-state index in [1.807, 2.05) is 30.3 Å². The van der Waals surface area contributed by atoms with Gasteiger partial charge in [-0.2, -0.15) is 0 Å². The molecular weight excluding hydrogens is 256 g/mol. The fraction of sp³-hybridized carbons (Fsp3) is 0.200. The summed E-state index contributed by atoms with van der Waals surface area (Å²) in [6.07, 6.45) is 1.42. The topological polar surface area (TPSA) is 64.2 Å². The molecular formula is C15H16N2O3. The van der Waals surface area contributed by atoms with E-state index >= 15 is 0 Å². The average molecular weight is 272 g/mol. The van der Waals surface area contributed by atoms with Crippen LogP contribution < -0.4 is 5.56 Å². The monoisotopic (exact) mass is 272 g/mol. The number of carbonyl (C=O) groups is 1. The quantitative estimate of drug-likeness (QED) is 0.869. The summed E-state index contributed by atoms with van der Waals surface area (Å²) in [5.41, 5.74) is 1.78. The lowest BCUT2D eigenvalue weighted by molar-refractivity contribution is -0.132. The summed E-state index contributed by atoms with van der Waals surface area (Å²) in [4.78, 5) is 23.4. The first-order valence-corrected chi connectivity index (χ1v) is 6.19. The van der Waals surface area contributed by atoms with Crippen LogP contribution in [0.5, 0.6) is 0 Å². The minimum atomic E-state index is -1.03. The van der Waals surface area contributed by atoms with Gasteiger partial charge < -0.3 is 5.11 Å². The van der Waals surface area contributed by atoms with E-state index in [1.54, 1.807) is 18.7 Å². The molecule has 0 atom stereocenters. The Balaban J connectivity index is 2.68. The molecule has 2 aromatic rings. The minimum Gasteiger partial charge on any atom is -0.478 e. The van der Waals surface area contributed by atoms with E-state index in [0.29, 0.717) is 5.56 Å². The highest BCUT2D eigenvalue weighted by Crippen LogP contribution is 2.12. The lowest BCUT2D eigenvalue weighted by Crippen LogP contribution is -2.20. The number of hydrogen-bond acceptors (Lipinski definition) is 2. The molecule has 1 heterocycles. The van der Waals surface area contributed by atoms with Crippen molar-refractivity contribution >= 4 is 12.0 Å². The van der Waals surface area contributed by atoms with Gasteiger partial charge in [0.2, 0.25) is 0 Å². The van der Waals surface area contributed by atoms with Crippen LogP contribution in [-0.2, 0) is 11.8 Å². The first-order chi connectivity index (χ1) is 9.43. The number of nitrogens with zero attached hydrogens (tertiary/aromatic N) is 2. The smallest absolute Gasteiger partial charge is 0.331 e. The van der Waals surface area contributed by atoms with Crippen LogP contribution in [0.15, 0.2) is 40.7 Å². The fourth-order valence-electron chi connectivity index (χ4n) is 2.03. The zero-order valence-electron chi connectivity index (χ0n) is 11.6. The van der Waals surface area contributed by atoms with E-state index in [0.717, 1.165) is 11.4 Å². The normalized spacial score (nSPS) is 11.7. The number of hydrogen-bond donors (Lipinski definition) is 1. The maximum absolute atomic E-state index is 12.5. The van der Waals surface area contributed by atoms with E-state index in [9.17, 15) is 9.59 Å². The van der Waals surface area contributed by atoms with Crippen molar-refractivity contribution in [2.45, 2.75) is 13.8 Å². The molecule has 5 nitrogen and oxygen atoms in total. The highest BCUT2D eigenvalue weighted by molar-refractivity contribution is 5.91. The Bertz CT molecular complexity index is 736. The second-order valence-electron chi connectivity index (χ2n) is 4.61. The molecule has 5 heteroatoms. The third-order valence-corrected chi connectivity index (χ3v) is 3.30. The second kappa shape index (κ2) is 5.21. The molecule has 0 amide bonds. The molecule has 0 bridgehead atoms. The Hall–Kier alpha value is -2.56. The summed E-state index contributed by atoms with van der Waals surface area (Å²) in [7, 11) is 1.77. The summed E-state index contributed by atoms with van der Waals surface area (Å²) in [6, 6.07) is 9.24. The summed E-state index contributed by atoms with van der Waals surface area (Å²) in [6.45, 7) is 3.27. The van der Waals surface area contributed by atoms with Crippen molar-refractivity contribution in [3.8, 4) is 5.69 Å². The molecule has 2 rings (SSSR count). The Labute approximate surface area is 116 Å². The second-order valence-corrected chi connectivity index (χ2v) is 4.61. The molecule has 1 N–H and O–H groups in total. The van der Waals surface area contributed by atoms with E-state index < -0.39 is 5.97 Å². The van der Waals surface area contributed by atoms with Gasteiger partial charge in [0.1, 0.15) is 0 Å². The van der Waals surface area contributed by atoms with Crippen LogP contribution in [0.3, 0.4) is 0 Å². The predicted octanol–water partition coefficient (Wildman–Crippen LogP) is 1.97. The van der Waals surface area contributed by atoms with Crippen LogP contribution in [0, 0.1) is 6.92 Å². The zero-order chi connectivity index (χ0) is 14.9. The van der Waals surface area contributed by atoms with E-state index in [2.05, 4.69) is 0 Å². The number of carboxylic acid groups (broad SMARTS) is 1. The standard InChI is InChI=1S/C15H16N2O3/c1-10(15(19)20)9-13-11(2)16(3)17(14(13)18)12-7-5-4-6-8-12/h4-9H,1-3H3,(H,19,20)/b10-9+. The molecule has 1 aromatic carbocycles. The lowest BCUT2D eigenvalue weighted by atomic mass is 10.1. The van der Waals surface area contributed by atoms with Gasteiger partial charge in [-0.05, 0) is 32.1 Å². The predicted molar refractivity (Wildman–Crippen MR) is 77.0 cm³/mol. The number of rotatable bonds is 3. The summed E-state index contributed by atoms with van der Waals surface area (Å²) in [5.74, 6) is -1.03. The minimum absolute atomic E-state index is 0.135. The molecule has 0 saturated carbocycles. The van der Waals surface area contributed by atoms with E-state index in [-0.39, 0.29) is 11.1 Å². The van der Waals surface area contributed by atoms with Gasteiger partial charge in [0, 0.05) is 18.3 Å². The van der Waals surface area contributed by atoms with Gasteiger partial charge in [-0.1, -0.05) is 18.2 Å². The molecule has 0 unspecified atom stereocenters. The van der Waals surface area contributed by atoms with Gasteiger partial charge >= 0.3 is 5.97 Å². The van der Waals surface area contributed by atoms with Crippen molar-refractivity contribution in [2.75, 3.05) is 0 Å². The van der Waals surface area contributed by atoms with Crippen LogP contribution in [0.1, 0.15) is 18.2 Å². The largest absolute Gasteiger partial charge is 0.478 e. The Morgan fingerprint density at radius 3 is 2.40 bits per heavy atom. The third-order valence-electron chi connectivity index (χ3n) is 3.30. The van der Waals surface area contributed by atoms with Gasteiger partial charge in [-0.3, -0.25) is 9.48 Å². The maximum atomic E-state index is 12.5. The van der Waals surface area contributed by atoms with Gasteiger partial charge in [0.15, 0.2) is 0 Å². The number of benzene rings is 1. The van der Waals surface area contributed by atoms with E-state index in [4.69, 9.17) is 5.11 Å². The van der Waals surface area contributed by atoms with Gasteiger partial charge in [-0.15, -0.1) is 0 Å². The average Bonchev–Trinajstić information content (AvgIpc) is 2.63. The van der Waals surface area contributed by atoms with Crippen LogP contribution in [0.2, 0.25) is 0 Å². The van der Waals surface area contributed by atoms with Crippen molar-refractivity contribution in [3.05, 3.63) is 57.5 Å². The number of para-hydroxylation sites is 1. The third kappa shape index (κ3) is 2.30. The van der Waals surface area contributed by atoms with Crippen molar-refractivity contribution in [3.63, 3.8) is 0 Å². The van der Waals surface area contributed by atoms with Gasteiger partial charge in [-0.25, -0.2) is 9.48 Å². The van der Waals surface area contributed by atoms with Crippen LogP contribution in [0.25, 0.3) is 11.8 Å². The van der Waals surface area contributed by atoms with Crippen molar-refractivity contribution in [1.29, 1.82) is 0 Å². The van der Waals surface area contributed by atoms with Gasteiger partial charge in [0.25, 0.3) is 5.56 Å². The number of aliphatic carboxylic acids is 1. The molecule has 0 aliphatic carbocycles. The summed E-state index contributed by atoms with van der Waals surface area (Å²) >= 11 is 0. The Kier molecular flexibility index (Phi) is 3.61. The highest BCUT2D eigenvalue weighted by Gasteiger charge is 2.15. The number of carboxylic acids is 1. The van der Waals surface area contributed by atoms with Gasteiger partial charge in [0.05, 0.1) is 11.3 Å². The van der Waals surface area contributed by atoms with Crippen LogP contribution in [-0.4, -0.2) is 20.4 Å². The summed E-state index contributed by atoms with van der Waals surface area (Å²) in [5, 5.41) is 8.93. The SMILES string of the molecule is C/C(=C\c1c(C)n(C)n(-c2ccccc2)c1=O)C(=O)O. The van der Waals surface area contributed by atoms with E-state index in [1.165, 1.54) is 17.7 Å². The molecule has 0 fully saturated rings. The first kappa shape index (κ1) is 13.9. The lowest BCUT2D eigenvalue weighted by Gasteiger charge is -2.07. The fourth-order valence-corrected chi connectivity index (χ4v) is 2.03. The van der Waals surface area contributed by atoms with Crippen LogP contribution >= 0.6 is 0 Å². The van der Waals surface area contributed by atoms with Crippen molar-refractivity contribution < 1.29 is 9.90 Å². The Morgan fingerprint density at radius 1 is 1.25 bits per heavy atom.